The molecule has 3 N–H and O–H groups in total. The number of carbonyl (C=O) groups excluding carboxylic acids is 1. The van der Waals surface area contributed by atoms with E-state index in [0.717, 1.165) is 37.8 Å². The number of hydrogen-bond donors (Lipinski definition) is 3. The molecule has 0 saturated carbocycles. The zero-order chi connectivity index (χ0) is 20.1. The third-order valence-electron chi connectivity index (χ3n) is 4.61. The number of halogens is 1. The lowest BCUT2D eigenvalue weighted by atomic mass is 9.99. The largest absolute Gasteiger partial charge is 0.444 e. The van der Waals surface area contributed by atoms with Gasteiger partial charge in [-0.25, -0.2) is 4.79 Å². The quantitative estimate of drug-likeness (QED) is 0.192. The minimum Gasteiger partial charge on any atom is -0.444 e. The van der Waals surface area contributed by atoms with Gasteiger partial charge in [0.1, 0.15) is 5.60 Å². The Morgan fingerprint density at radius 2 is 1.61 bits per heavy atom. The van der Waals surface area contributed by atoms with Gasteiger partial charge in [0.2, 0.25) is 0 Å². The van der Waals surface area contributed by atoms with Gasteiger partial charge in [-0.05, 0) is 78.4 Å². The fraction of sp³-hybridized carbons (Fsp3) is 0.900. The standard InChI is InChI=1S/C20H41N5O2.HI/c1-17-9-15-25(16-10-17)14-7-6-11-22-18(21-5)23-12-8-13-24-19(26)27-20(2,3)4;/h17H,6-16H2,1-5H3,(H,24,26)(H2,21,22,23);1H. The molecular weight excluding hydrogens is 469 g/mol. The van der Waals surface area contributed by atoms with Crippen molar-refractivity contribution >= 4 is 36.0 Å². The predicted molar refractivity (Wildman–Crippen MR) is 128 cm³/mol. The molecule has 28 heavy (non-hydrogen) atoms. The highest BCUT2D eigenvalue weighted by molar-refractivity contribution is 14.0. The number of nitrogens with zero attached hydrogens (tertiary/aromatic N) is 2. The van der Waals surface area contributed by atoms with Gasteiger partial charge in [-0.1, -0.05) is 6.92 Å². The summed E-state index contributed by atoms with van der Waals surface area (Å²) in [5, 5.41) is 9.38. The number of rotatable bonds is 9. The number of amides is 1. The Bertz CT molecular complexity index is 446. The topological polar surface area (TPSA) is 78.0 Å². The fourth-order valence-corrected chi connectivity index (χ4v) is 2.97. The van der Waals surface area contributed by atoms with E-state index in [0.29, 0.717) is 6.54 Å². The average Bonchev–Trinajstić information content (AvgIpc) is 2.59. The number of aliphatic imine (C=N–C) groups is 1. The molecule has 1 amide bonds. The maximum atomic E-state index is 11.6. The van der Waals surface area contributed by atoms with Crippen LogP contribution in [-0.2, 0) is 4.74 Å². The number of piperidine rings is 1. The molecule has 0 aromatic carbocycles. The SMILES string of the molecule is CN=C(NCCCCN1CCC(C)CC1)NCCCNC(=O)OC(C)(C)C.I. The van der Waals surface area contributed by atoms with E-state index < -0.39 is 5.60 Å². The molecule has 0 spiro atoms. The van der Waals surface area contributed by atoms with Gasteiger partial charge in [-0.3, -0.25) is 4.99 Å². The van der Waals surface area contributed by atoms with Crippen molar-refractivity contribution in [2.75, 3.05) is 46.3 Å². The number of carbonyl (C=O) groups is 1. The molecular formula is C20H42IN5O2. The van der Waals surface area contributed by atoms with Crippen molar-refractivity contribution in [3.8, 4) is 0 Å². The molecule has 0 atom stereocenters. The number of ether oxygens (including phenoxy) is 1. The molecule has 7 nitrogen and oxygen atoms in total. The summed E-state index contributed by atoms with van der Waals surface area (Å²) in [5.41, 5.74) is -0.458. The van der Waals surface area contributed by atoms with E-state index in [4.69, 9.17) is 4.74 Å². The molecule has 8 heteroatoms. The van der Waals surface area contributed by atoms with Crippen molar-refractivity contribution in [3.05, 3.63) is 0 Å². The van der Waals surface area contributed by atoms with Crippen LogP contribution in [0.5, 0.6) is 0 Å². The van der Waals surface area contributed by atoms with Crippen LogP contribution in [0.1, 0.15) is 59.8 Å². The third kappa shape index (κ3) is 14.3. The molecule has 1 aliphatic heterocycles. The van der Waals surface area contributed by atoms with Crippen LogP contribution in [0, 0.1) is 5.92 Å². The summed E-state index contributed by atoms with van der Waals surface area (Å²) in [5.74, 6) is 1.72. The van der Waals surface area contributed by atoms with Crippen molar-refractivity contribution in [2.45, 2.75) is 65.4 Å². The predicted octanol–water partition coefficient (Wildman–Crippen LogP) is 3.20. The molecule has 1 rings (SSSR count). The summed E-state index contributed by atoms with van der Waals surface area (Å²) in [4.78, 5) is 18.4. The minimum atomic E-state index is -0.458. The van der Waals surface area contributed by atoms with Gasteiger partial charge in [0.05, 0.1) is 0 Å². The lowest BCUT2D eigenvalue weighted by molar-refractivity contribution is 0.0527. The number of alkyl carbamates (subject to hydrolysis) is 1. The average molecular weight is 511 g/mol. The van der Waals surface area contributed by atoms with E-state index >= 15 is 0 Å². The van der Waals surface area contributed by atoms with Crippen LogP contribution in [0.15, 0.2) is 4.99 Å². The second kappa shape index (κ2) is 15.1. The molecule has 166 valence electrons. The lowest BCUT2D eigenvalue weighted by Gasteiger charge is -2.30. The Morgan fingerprint density at radius 1 is 1.04 bits per heavy atom. The molecule has 0 aliphatic carbocycles. The molecule has 0 bridgehead atoms. The van der Waals surface area contributed by atoms with Gasteiger partial charge in [0.25, 0.3) is 0 Å². The zero-order valence-electron chi connectivity index (χ0n) is 18.5. The van der Waals surface area contributed by atoms with Gasteiger partial charge in [0.15, 0.2) is 5.96 Å². The Kier molecular flexibility index (Phi) is 14.7. The van der Waals surface area contributed by atoms with Crippen LogP contribution in [0.25, 0.3) is 0 Å². The van der Waals surface area contributed by atoms with Crippen LogP contribution in [-0.4, -0.2) is 68.9 Å². The summed E-state index contributed by atoms with van der Waals surface area (Å²) in [6.07, 6.45) is 5.50. The molecule has 0 aromatic heterocycles. The number of likely N-dealkylation sites (tertiary alicyclic amines) is 1. The summed E-state index contributed by atoms with van der Waals surface area (Å²) < 4.78 is 5.20. The molecule has 0 unspecified atom stereocenters. The normalized spacial score (nSPS) is 16.2. The molecule has 0 radical (unpaired) electrons. The maximum Gasteiger partial charge on any atom is 0.407 e. The first kappa shape index (κ1) is 27.2. The van der Waals surface area contributed by atoms with Crippen LogP contribution in [0.3, 0.4) is 0 Å². The van der Waals surface area contributed by atoms with Gasteiger partial charge in [-0.15, -0.1) is 24.0 Å². The number of guanidine groups is 1. The molecule has 1 heterocycles. The summed E-state index contributed by atoms with van der Waals surface area (Å²) in [7, 11) is 1.78. The van der Waals surface area contributed by atoms with E-state index in [9.17, 15) is 4.79 Å². The number of nitrogens with one attached hydrogen (secondary N) is 3. The smallest absolute Gasteiger partial charge is 0.407 e. The van der Waals surface area contributed by atoms with E-state index in [1.54, 1.807) is 7.05 Å². The van der Waals surface area contributed by atoms with Gasteiger partial charge >= 0.3 is 6.09 Å². The number of hydrogen-bond acceptors (Lipinski definition) is 4. The van der Waals surface area contributed by atoms with Crippen molar-refractivity contribution < 1.29 is 9.53 Å². The van der Waals surface area contributed by atoms with E-state index in [1.807, 2.05) is 20.8 Å². The Morgan fingerprint density at radius 3 is 2.18 bits per heavy atom. The first-order valence-corrected chi connectivity index (χ1v) is 10.4. The fourth-order valence-electron chi connectivity index (χ4n) is 2.97. The summed E-state index contributed by atoms with van der Waals surface area (Å²) in [6, 6.07) is 0. The van der Waals surface area contributed by atoms with Gasteiger partial charge < -0.3 is 25.6 Å². The van der Waals surface area contributed by atoms with Crippen LogP contribution < -0.4 is 16.0 Å². The van der Waals surface area contributed by atoms with E-state index in [2.05, 4.69) is 32.8 Å². The Labute approximate surface area is 188 Å². The van der Waals surface area contributed by atoms with Gasteiger partial charge in [-0.2, -0.15) is 0 Å². The second-order valence-corrected chi connectivity index (χ2v) is 8.44. The van der Waals surface area contributed by atoms with Crippen LogP contribution in [0.2, 0.25) is 0 Å². The highest BCUT2D eigenvalue weighted by Gasteiger charge is 2.15. The van der Waals surface area contributed by atoms with Gasteiger partial charge in [0, 0.05) is 26.7 Å². The van der Waals surface area contributed by atoms with E-state index in [-0.39, 0.29) is 30.1 Å². The zero-order valence-corrected chi connectivity index (χ0v) is 20.8. The van der Waals surface area contributed by atoms with Crippen molar-refractivity contribution in [1.29, 1.82) is 0 Å². The van der Waals surface area contributed by atoms with Crippen LogP contribution in [0.4, 0.5) is 4.79 Å². The number of unbranched alkanes of at least 4 members (excludes halogenated alkanes) is 1. The molecule has 0 aromatic rings. The maximum absolute atomic E-state index is 11.6. The summed E-state index contributed by atoms with van der Waals surface area (Å²) in [6.45, 7) is 13.9. The minimum absolute atomic E-state index is 0. The Balaban J connectivity index is 0.00000729. The third-order valence-corrected chi connectivity index (χ3v) is 4.61. The summed E-state index contributed by atoms with van der Waals surface area (Å²) >= 11 is 0. The highest BCUT2D eigenvalue weighted by atomic mass is 127. The molecule has 1 saturated heterocycles. The van der Waals surface area contributed by atoms with Crippen molar-refractivity contribution in [3.63, 3.8) is 0 Å². The monoisotopic (exact) mass is 511 g/mol. The van der Waals surface area contributed by atoms with Crippen LogP contribution >= 0.6 is 24.0 Å². The second-order valence-electron chi connectivity index (χ2n) is 8.44. The lowest BCUT2D eigenvalue weighted by Crippen LogP contribution is -2.40. The Hall–Kier alpha value is -0.770. The van der Waals surface area contributed by atoms with Crippen molar-refractivity contribution in [2.24, 2.45) is 10.9 Å². The first-order valence-electron chi connectivity index (χ1n) is 10.4. The molecule has 1 fully saturated rings. The van der Waals surface area contributed by atoms with E-state index in [1.165, 1.54) is 38.9 Å². The van der Waals surface area contributed by atoms with Crippen molar-refractivity contribution in [1.82, 2.24) is 20.9 Å². The first-order chi connectivity index (χ1) is 12.8. The highest BCUT2D eigenvalue weighted by Crippen LogP contribution is 2.16. The molecule has 1 aliphatic rings.